The highest BCUT2D eigenvalue weighted by Gasteiger charge is 2.21. The Hall–Kier alpha value is -1.84. The molecule has 1 aliphatic rings. The van der Waals surface area contributed by atoms with Crippen molar-refractivity contribution in [1.82, 2.24) is 4.90 Å². The Morgan fingerprint density at radius 2 is 1.90 bits per heavy atom. The Morgan fingerprint density at radius 1 is 1.20 bits per heavy atom. The number of amides is 1. The van der Waals surface area contributed by atoms with Gasteiger partial charge in [-0.05, 0) is 17.9 Å². The van der Waals surface area contributed by atoms with Crippen LogP contribution < -0.4 is 0 Å². The normalized spacial score (nSPS) is 14.6. The molecule has 1 amide bonds. The Morgan fingerprint density at radius 3 is 2.45 bits per heavy atom. The maximum atomic E-state index is 12.2. The molecule has 1 N–H and O–H groups in total. The first-order valence-electron chi connectivity index (χ1n) is 7.18. The van der Waals surface area contributed by atoms with Crippen LogP contribution in [0.25, 0.3) is 0 Å². The van der Waals surface area contributed by atoms with E-state index in [0.29, 0.717) is 18.9 Å². The topological polar surface area (TPSA) is 57.6 Å². The number of hydrogen-bond donors (Lipinski definition) is 1. The van der Waals surface area contributed by atoms with Gasteiger partial charge in [0, 0.05) is 13.0 Å². The molecule has 0 aliphatic heterocycles. The van der Waals surface area contributed by atoms with Crippen LogP contribution >= 0.6 is 0 Å². The van der Waals surface area contributed by atoms with Crippen LogP contribution in [0.3, 0.4) is 0 Å². The number of rotatable bonds is 7. The van der Waals surface area contributed by atoms with E-state index in [9.17, 15) is 9.59 Å². The van der Waals surface area contributed by atoms with Crippen LogP contribution in [-0.2, 0) is 16.1 Å². The van der Waals surface area contributed by atoms with Crippen molar-refractivity contribution in [2.45, 2.75) is 38.6 Å². The van der Waals surface area contributed by atoms with Crippen molar-refractivity contribution >= 4 is 11.9 Å². The maximum Gasteiger partial charge on any atom is 0.323 e. The zero-order chi connectivity index (χ0) is 14.4. The minimum absolute atomic E-state index is 0.0526. The molecular weight excluding hydrogens is 254 g/mol. The predicted octanol–water partition coefficient (Wildman–Crippen LogP) is 2.68. The van der Waals surface area contributed by atoms with Gasteiger partial charge in [-0.1, -0.05) is 49.6 Å². The Balaban J connectivity index is 1.91. The molecule has 0 heterocycles. The molecule has 0 radical (unpaired) electrons. The summed E-state index contributed by atoms with van der Waals surface area (Å²) in [6.45, 7) is 0.148. The van der Waals surface area contributed by atoms with Crippen LogP contribution in [0.4, 0.5) is 0 Å². The van der Waals surface area contributed by atoms with Crippen LogP contribution in [0.2, 0.25) is 0 Å². The summed E-state index contributed by atoms with van der Waals surface area (Å²) in [4.78, 5) is 24.5. The van der Waals surface area contributed by atoms with Crippen LogP contribution in [0.5, 0.6) is 0 Å². The van der Waals surface area contributed by atoms with Gasteiger partial charge in [0.1, 0.15) is 6.54 Å². The summed E-state index contributed by atoms with van der Waals surface area (Å²) in [5.41, 5.74) is 0.964. The first-order valence-corrected chi connectivity index (χ1v) is 7.18. The van der Waals surface area contributed by atoms with Gasteiger partial charge in [-0.15, -0.1) is 0 Å². The van der Waals surface area contributed by atoms with E-state index in [2.05, 4.69) is 0 Å². The first-order chi connectivity index (χ1) is 9.65. The largest absolute Gasteiger partial charge is 0.480 e. The molecule has 1 fully saturated rings. The molecule has 1 aliphatic carbocycles. The molecule has 2 rings (SSSR count). The van der Waals surface area contributed by atoms with Gasteiger partial charge in [0.05, 0.1) is 0 Å². The van der Waals surface area contributed by atoms with Gasteiger partial charge >= 0.3 is 5.97 Å². The van der Waals surface area contributed by atoms with Gasteiger partial charge in [-0.3, -0.25) is 9.59 Å². The van der Waals surface area contributed by atoms with E-state index < -0.39 is 5.97 Å². The third-order valence-electron chi connectivity index (χ3n) is 3.89. The first kappa shape index (κ1) is 14.6. The quantitative estimate of drug-likeness (QED) is 0.832. The number of aliphatic carboxylic acids is 1. The van der Waals surface area contributed by atoms with Crippen LogP contribution in [-0.4, -0.2) is 28.4 Å². The third-order valence-corrected chi connectivity index (χ3v) is 3.89. The monoisotopic (exact) mass is 275 g/mol. The zero-order valence-corrected chi connectivity index (χ0v) is 11.6. The Labute approximate surface area is 119 Å². The summed E-state index contributed by atoms with van der Waals surface area (Å²) < 4.78 is 0. The van der Waals surface area contributed by atoms with Gasteiger partial charge in [0.15, 0.2) is 0 Å². The van der Waals surface area contributed by atoms with Gasteiger partial charge in [-0.25, -0.2) is 0 Å². The molecule has 0 saturated heterocycles. The van der Waals surface area contributed by atoms with E-state index >= 15 is 0 Å². The number of carboxylic acids is 1. The minimum Gasteiger partial charge on any atom is -0.480 e. The van der Waals surface area contributed by atoms with Crippen molar-refractivity contribution in [3.63, 3.8) is 0 Å². The number of benzene rings is 1. The second kappa shape index (κ2) is 7.08. The molecule has 0 aromatic heterocycles. The second-order valence-electron chi connectivity index (χ2n) is 5.46. The fourth-order valence-corrected chi connectivity index (χ4v) is 2.47. The maximum absolute atomic E-state index is 12.2. The minimum atomic E-state index is -0.960. The number of hydrogen-bond acceptors (Lipinski definition) is 2. The predicted molar refractivity (Wildman–Crippen MR) is 76.1 cm³/mol. The fourth-order valence-electron chi connectivity index (χ4n) is 2.47. The van der Waals surface area contributed by atoms with Gasteiger partial charge in [-0.2, -0.15) is 0 Å². The molecule has 4 nitrogen and oxygen atoms in total. The molecule has 1 aromatic rings. The number of carbonyl (C=O) groups is 2. The van der Waals surface area contributed by atoms with E-state index in [1.165, 1.54) is 24.2 Å². The zero-order valence-electron chi connectivity index (χ0n) is 11.6. The smallest absolute Gasteiger partial charge is 0.323 e. The second-order valence-corrected chi connectivity index (χ2v) is 5.46. The lowest BCUT2D eigenvalue weighted by atomic mass is 9.82. The van der Waals surface area contributed by atoms with E-state index in [1.807, 2.05) is 30.3 Å². The number of nitrogens with zero attached hydrogens (tertiary/aromatic N) is 1. The summed E-state index contributed by atoms with van der Waals surface area (Å²) >= 11 is 0. The molecule has 1 aromatic carbocycles. The van der Waals surface area contributed by atoms with Crippen molar-refractivity contribution in [3.8, 4) is 0 Å². The lowest BCUT2D eigenvalue weighted by molar-refractivity contribution is -0.145. The molecule has 0 bridgehead atoms. The molecule has 0 atom stereocenters. The van der Waals surface area contributed by atoms with Crippen molar-refractivity contribution < 1.29 is 14.7 Å². The highest BCUT2D eigenvalue weighted by Crippen LogP contribution is 2.30. The summed E-state index contributed by atoms with van der Waals surface area (Å²) in [6, 6.07) is 9.52. The van der Waals surface area contributed by atoms with Crippen LogP contribution in [0, 0.1) is 5.92 Å². The van der Waals surface area contributed by atoms with Crippen molar-refractivity contribution in [3.05, 3.63) is 35.9 Å². The average Bonchev–Trinajstić information content (AvgIpc) is 2.36. The van der Waals surface area contributed by atoms with E-state index in [0.717, 1.165) is 12.0 Å². The van der Waals surface area contributed by atoms with Crippen molar-refractivity contribution in [2.75, 3.05) is 6.54 Å². The van der Waals surface area contributed by atoms with E-state index in [1.54, 1.807) is 0 Å². The van der Waals surface area contributed by atoms with Gasteiger partial charge in [0.25, 0.3) is 0 Å². The summed E-state index contributed by atoms with van der Waals surface area (Å²) in [7, 11) is 0. The lowest BCUT2D eigenvalue weighted by Gasteiger charge is -2.27. The summed E-state index contributed by atoms with van der Waals surface area (Å²) in [5.74, 6) is -0.344. The molecule has 0 unspecified atom stereocenters. The molecule has 0 spiro atoms. The lowest BCUT2D eigenvalue weighted by Crippen LogP contribution is -2.35. The highest BCUT2D eigenvalue weighted by atomic mass is 16.4. The van der Waals surface area contributed by atoms with Crippen molar-refractivity contribution in [1.29, 1.82) is 0 Å². The fraction of sp³-hybridized carbons (Fsp3) is 0.500. The Bertz CT molecular complexity index is 454. The van der Waals surface area contributed by atoms with E-state index in [-0.39, 0.29) is 12.5 Å². The number of carbonyl (C=O) groups excluding carboxylic acids is 1. The molecular formula is C16H21NO3. The van der Waals surface area contributed by atoms with Crippen LogP contribution in [0.15, 0.2) is 30.3 Å². The van der Waals surface area contributed by atoms with E-state index in [4.69, 9.17) is 5.11 Å². The van der Waals surface area contributed by atoms with Gasteiger partial charge in [0.2, 0.25) is 5.91 Å². The summed E-state index contributed by atoms with van der Waals surface area (Å²) in [5, 5.41) is 8.95. The Kier molecular flexibility index (Phi) is 5.16. The van der Waals surface area contributed by atoms with Crippen LogP contribution in [0.1, 0.15) is 37.7 Å². The molecule has 1 saturated carbocycles. The average molecular weight is 275 g/mol. The SMILES string of the molecule is O=C(O)CN(Cc1ccccc1)C(=O)CCC1CCC1. The summed E-state index contributed by atoms with van der Waals surface area (Å²) in [6.07, 6.45) is 5.05. The third kappa shape index (κ3) is 4.37. The number of carboxylic acid groups (broad SMARTS) is 1. The standard InChI is InChI=1S/C16H21NO3/c18-15(10-9-13-7-4-8-13)17(12-16(19)20)11-14-5-2-1-3-6-14/h1-3,5-6,13H,4,7-12H2,(H,19,20). The highest BCUT2D eigenvalue weighted by molar-refractivity contribution is 5.81. The molecule has 20 heavy (non-hydrogen) atoms. The molecule has 108 valence electrons. The van der Waals surface area contributed by atoms with Gasteiger partial charge < -0.3 is 10.0 Å². The molecule has 4 heteroatoms. The van der Waals surface area contributed by atoms with Crippen molar-refractivity contribution in [2.24, 2.45) is 5.92 Å².